The number of hydrogen-bond donors (Lipinski definition) is 4. The Morgan fingerprint density at radius 2 is 1.52 bits per heavy atom. The third-order valence-electron chi connectivity index (χ3n) is 12.3. The SMILES string of the molecule is CCN1c2cc3c(cc2C(CS(=O)(=O)O)=CC1(C)C)C(c1n(CCCCS(=O)(=O)O)cc[n+]1C)=c1cc2c(cc1C3(C)C)=[N+](Cc1ccc(S(=O)(=O)O)cc1S(=O)(=O)O)CCC2. The Kier molecular flexibility index (Phi) is 11.6. The van der Waals surface area contributed by atoms with Gasteiger partial charge in [-0.25, -0.2) is 13.7 Å². The van der Waals surface area contributed by atoms with Crippen molar-refractivity contribution in [1.29, 1.82) is 0 Å². The first-order valence-electron chi connectivity index (χ1n) is 20.1. The molecule has 0 bridgehead atoms. The monoisotopic (exact) mass is 932 g/mol. The van der Waals surface area contributed by atoms with Crippen molar-refractivity contribution in [2.75, 3.05) is 29.5 Å². The lowest BCUT2D eigenvalue weighted by molar-refractivity contribution is -0.673. The fourth-order valence-corrected chi connectivity index (χ4v) is 12.1. The number of aryl methyl sites for hydroxylation is 3. The van der Waals surface area contributed by atoms with E-state index in [1.807, 2.05) is 66.1 Å². The topological polar surface area (TPSA) is 233 Å². The van der Waals surface area contributed by atoms with Crippen molar-refractivity contribution in [1.82, 2.24) is 9.14 Å². The maximum absolute atomic E-state index is 12.6. The second kappa shape index (κ2) is 15.8. The lowest BCUT2D eigenvalue weighted by Gasteiger charge is -2.45. The van der Waals surface area contributed by atoms with E-state index in [0.29, 0.717) is 50.0 Å². The van der Waals surface area contributed by atoms with Gasteiger partial charge in [0.1, 0.15) is 29.6 Å². The first-order chi connectivity index (χ1) is 28.6. The first-order valence-corrected chi connectivity index (χ1v) is 26.2. The van der Waals surface area contributed by atoms with Gasteiger partial charge in [0.05, 0.1) is 35.4 Å². The van der Waals surface area contributed by atoms with E-state index in [2.05, 4.69) is 36.9 Å². The number of unbranched alkanes of at least 4 members (excludes halogenated alkanes) is 1. The number of fused-ring (bicyclic) bond motifs is 4. The summed E-state index contributed by atoms with van der Waals surface area (Å²) in [5.41, 5.74) is 5.16. The number of likely N-dealkylation sites (N-methyl/N-ethyl adjacent to an activating group) is 1. The summed E-state index contributed by atoms with van der Waals surface area (Å²) in [6.45, 7) is 11.7. The molecule has 0 fully saturated rings. The number of nitrogens with zero attached hydrogens (tertiary/aromatic N) is 4. The van der Waals surface area contributed by atoms with E-state index in [0.717, 1.165) is 62.0 Å². The molecule has 0 unspecified atom stereocenters. The summed E-state index contributed by atoms with van der Waals surface area (Å²) in [5, 5.41) is 1.69. The van der Waals surface area contributed by atoms with Crippen LogP contribution in [0.15, 0.2) is 70.7 Å². The zero-order valence-electron chi connectivity index (χ0n) is 35.3. The van der Waals surface area contributed by atoms with Crippen molar-refractivity contribution in [3.05, 3.63) is 111 Å². The van der Waals surface area contributed by atoms with Crippen LogP contribution in [0.5, 0.6) is 0 Å². The van der Waals surface area contributed by atoms with Gasteiger partial charge in [0.15, 0.2) is 6.54 Å². The van der Waals surface area contributed by atoms with Crippen LogP contribution in [-0.4, -0.2) is 86.6 Å². The molecule has 0 radical (unpaired) electrons. The van der Waals surface area contributed by atoms with Crippen LogP contribution >= 0.6 is 0 Å². The molecule has 2 aliphatic heterocycles. The van der Waals surface area contributed by atoms with Crippen molar-refractivity contribution in [3.8, 4) is 0 Å². The smallest absolute Gasteiger partial charge is 0.295 e. The Balaban J connectivity index is 1.54. The summed E-state index contributed by atoms with van der Waals surface area (Å²) in [6, 6.07) is 11.4. The molecule has 334 valence electrons. The molecule has 0 spiro atoms. The second-order valence-corrected chi connectivity index (χ2v) is 23.2. The minimum absolute atomic E-state index is 0.0153. The Morgan fingerprint density at radius 1 is 0.806 bits per heavy atom. The summed E-state index contributed by atoms with van der Waals surface area (Å²) in [6.07, 6.45) is 7.66. The molecule has 3 aliphatic rings. The Bertz CT molecular complexity index is 3170. The summed E-state index contributed by atoms with van der Waals surface area (Å²) in [5.74, 6) is -0.193. The van der Waals surface area contributed by atoms with Gasteiger partial charge in [-0.1, -0.05) is 19.9 Å². The lowest BCUT2D eigenvalue weighted by atomic mass is 9.68. The van der Waals surface area contributed by atoms with Crippen LogP contribution in [0.3, 0.4) is 0 Å². The standard InChI is InChI=1S/C42H50N4O12S4/c1-7-46-37-23-35-33(21-31(37)29(24-41(46,2)3)26-60(50,51)52)39(40-43(6)16-17-44(40)14-8-9-18-59(47,48)49)32-19-27-11-10-15-45(36(27)22-34(32)42(35,4)5)25-28-12-13-30(61(53,54)55)20-38(28)62(56,57)58/h12-13,16-17,19-24H,7-11,14-15,18,25-26H2,1-6H3,(H2-2,47,48,49,50,51,52,53,54,55,56,57,58)/p+2. The molecular weight excluding hydrogens is 881 g/mol. The third-order valence-corrected chi connectivity index (χ3v) is 15.6. The molecule has 16 nitrogen and oxygen atoms in total. The number of hydrogen-bond acceptors (Lipinski definition) is 9. The Hall–Kier alpha value is -4.28. The van der Waals surface area contributed by atoms with E-state index in [1.54, 1.807) is 0 Å². The predicted octanol–water partition coefficient (Wildman–Crippen LogP) is 2.89. The molecule has 0 atom stereocenters. The minimum Gasteiger partial charge on any atom is -0.363 e. The van der Waals surface area contributed by atoms with Crippen LogP contribution in [0, 0.1) is 0 Å². The zero-order chi connectivity index (χ0) is 45.5. The van der Waals surface area contributed by atoms with Gasteiger partial charge in [-0.3, -0.25) is 18.2 Å². The molecule has 62 heavy (non-hydrogen) atoms. The van der Waals surface area contributed by atoms with Gasteiger partial charge in [-0.15, -0.1) is 0 Å². The van der Waals surface area contributed by atoms with Gasteiger partial charge in [-0.2, -0.15) is 33.7 Å². The van der Waals surface area contributed by atoms with Gasteiger partial charge in [0.2, 0.25) is 5.36 Å². The quantitative estimate of drug-likeness (QED) is 0.0860. The van der Waals surface area contributed by atoms with Crippen LogP contribution in [0.1, 0.15) is 93.1 Å². The summed E-state index contributed by atoms with van der Waals surface area (Å²) in [7, 11) is -16.4. The van der Waals surface area contributed by atoms with Gasteiger partial charge < -0.3 is 4.90 Å². The van der Waals surface area contributed by atoms with Gasteiger partial charge in [0.25, 0.3) is 46.3 Å². The molecular formula is C42H52N4O12S4+2. The Labute approximate surface area is 362 Å². The molecule has 3 aromatic carbocycles. The fourth-order valence-electron chi connectivity index (χ4n) is 9.57. The van der Waals surface area contributed by atoms with Gasteiger partial charge in [0, 0.05) is 46.8 Å². The molecule has 20 heteroatoms. The number of imidazole rings is 1. The van der Waals surface area contributed by atoms with Crippen LogP contribution < -0.4 is 24.6 Å². The molecule has 1 aromatic heterocycles. The maximum atomic E-state index is 12.6. The van der Waals surface area contributed by atoms with E-state index < -0.39 is 67.0 Å². The molecule has 3 heterocycles. The highest BCUT2D eigenvalue weighted by Crippen LogP contribution is 2.47. The van der Waals surface area contributed by atoms with Crippen LogP contribution in [0.4, 0.5) is 5.69 Å². The van der Waals surface area contributed by atoms with Crippen LogP contribution in [-0.2, 0) is 72.4 Å². The second-order valence-electron chi connectivity index (χ2n) is 17.4. The van der Waals surface area contributed by atoms with Gasteiger partial charge >= 0.3 is 0 Å². The molecule has 4 aromatic rings. The van der Waals surface area contributed by atoms with Crippen LogP contribution in [0.25, 0.3) is 11.1 Å². The summed E-state index contributed by atoms with van der Waals surface area (Å²) >= 11 is 0. The number of benzene rings is 3. The fraction of sp³-hybridized carbons (Fsp3) is 0.429. The van der Waals surface area contributed by atoms with Crippen molar-refractivity contribution < 1.29 is 56.4 Å². The van der Waals surface area contributed by atoms with E-state index >= 15 is 0 Å². The van der Waals surface area contributed by atoms with Crippen molar-refractivity contribution in [2.24, 2.45) is 7.05 Å². The van der Waals surface area contributed by atoms with E-state index in [9.17, 15) is 51.9 Å². The molecule has 0 saturated carbocycles. The molecule has 0 amide bonds. The highest BCUT2D eigenvalue weighted by atomic mass is 32.2. The highest BCUT2D eigenvalue weighted by molar-refractivity contribution is 7.87. The molecule has 0 saturated heterocycles. The third kappa shape index (κ3) is 8.80. The zero-order valence-corrected chi connectivity index (χ0v) is 38.6. The maximum Gasteiger partial charge on any atom is 0.295 e. The van der Waals surface area contributed by atoms with E-state index in [-0.39, 0.29) is 24.3 Å². The van der Waals surface area contributed by atoms with E-state index in [4.69, 9.17) is 0 Å². The normalized spacial score (nSPS) is 17.3. The van der Waals surface area contributed by atoms with Crippen molar-refractivity contribution in [2.45, 2.75) is 94.1 Å². The van der Waals surface area contributed by atoms with Crippen LogP contribution in [0.2, 0.25) is 0 Å². The molecule has 4 N–H and O–H groups in total. The highest BCUT2D eigenvalue weighted by Gasteiger charge is 2.42. The number of anilines is 1. The minimum atomic E-state index is -4.91. The largest absolute Gasteiger partial charge is 0.363 e. The lowest BCUT2D eigenvalue weighted by Crippen LogP contribution is -2.47. The molecule has 1 aliphatic carbocycles. The number of aromatic nitrogens is 2. The first kappa shape index (κ1) is 45.7. The average molecular weight is 933 g/mol. The number of rotatable bonds is 13. The summed E-state index contributed by atoms with van der Waals surface area (Å²) in [4.78, 5) is 0.881. The molecule has 7 rings (SSSR count). The van der Waals surface area contributed by atoms with Crippen molar-refractivity contribution >= 4 is 57.3 Å². The van der Waals surface area contributed by atoms with Crippen molar-refractivity contribution in [3.63, 3.8) is 0 Å². The van der Waals surface area contributed by atoms with E-state index in [1.165, 1.54) is 6.07 Å². The Morgan fingerprint density at radius 3 is 2.15 bits per heavy atom. The van der Waals surface area contributed by atoms with Gasteiger partial charge in [-0.05, 0) is 104 Å². The predicted molar refractivity (Wildman–Crippen MR) is 233 cm³/mol. The average Bonchev–Trinajstić information content (AvgIpc) is 3.50. The summed E-state index contributed by atoms with van der Waals surface area (Å²) < 4.78 is 143.